The minimum Gasteiger partial charge on any atom is -0.382 e. The van der Waals surface area contributed by atoms with E-state index in [1.54, 1.807) is 18.1 Å². The van der Waals surface area contributed by atoms with E-state index >= 15 is 0 Å². The third kappa shape index (κ3) is 3.09. The van der Waals surface area contributed by atoms with Gasteiger partial charge in [0.1, 0.15) is 16.7 Å². The van der Waals surface area contributed by atoms with Gasteiger partial charge in [-0.2, -0.15) is 5.10 Å². The molecule has 1 saturated heterocycles. The maximum Gasteiger partial charge on any atom is 0.164 e. The predicted molar refractivity (Wildman–Crippen MR) is 87.0 cm³/mol. The Balaban J connectivity index is 1.71. The fraction of sp³-hybridized carbons (Fsp3) is 0.643. The van der Waals surface area contributed by atoms with E-state index in [1.165, 1.54) is 0 Å². The molecule has 0 saturated carbocycles. The molecule has 0 radical (unpaired) electrons. The first-order chi connectivity index (χ1) is 10.7. The molecule has 1 unspecified atom stereocenters. The second-order valence-corrected chi connectivity index (χ2v) is 6.23. The summed E-state index contributed by atoms with van der Waals surface area (Å²) in [4.78, 5) is 11.1. The molecule has 1 atom stereocenters. The molecule has 0 aliphatic carbocycles. The molecule has 1 fully saturated rings. The van der Waals surface area contributed by atoms with Gasteiger partial charge in [-0.1, -0.05) is 0 Å². The second kappa shape index (κ2) is 6.89. The molecule has 0 N–H and O–H groups in total. The summed E-state index contributed by atoms with van der Waals surface area (Å²) < 4.78 is 13.2. The van der Waals surface area contributed by atoms with Gasteiger partial charge in [0.05, 0.1) is 25.2 Å². The molecule has 0 amide bonds. The van der Waals surface area contributed by atoms with Crippen molar-refractivity contribution in [3.8, 4) is 0 Å². The third-order valence-electron chi connectivity index (χ3n) is 3.93. The van der Waals surface area contributed by atoms with Crippen LogP contribution >= 0.6 is 15.9 Å². The molecule has 0 bridgehead atoms. The number of rotatable bonds is 6. The number of ether oxygens (including phenoxy) is 2. The summed E-state index contributed by atoms with van der Waals surface area (Å²) in [6, 6.07) is 0. The lowest BCUT2D eigenvalue weighted by atomic mass is 10.1. The number of hydrogen-bond acceptors (Lipinski definition) is 6. The minimum absolute atomic E-state index is 0.525. The Morgan fingerprint density at radius 1 is 1.36 bits per heavy atom. The molecular formula is C14H20BrN5O2. The van der Waals surface area contributed by atoms with E-state index in [9.17, 15) is 0 Å². The van der Waals surface area contributed by atoms with E-state index in [1.807, 2.05) is 7.05 Å². The van der Waals surface area contributed by atoms with Crippen LogP contribution in [-0.2, 0) is 16.5 Å². The van der Waals surface area contributed by atoms with Crippen LogP contribution in [0.3, 0.4) is 0 Å². The van der Waals surface area contributed by atoms with Gasteiger partial charge in [0.25, 0.3) is 0 Å². The highest BCUT2D eigenvalue weighted by molar-refractivity contribution is 9.10. The van der Waals surface area contributed by atoms with E-state index in [0.29, 0.717) is 19.1 Å². The van der Waals surface area contributed by atoms with Gasteiger partial charge in [0, 0.05) is 33.2 Å². The van der Waals surface area contributed by atoms with Crippen molar-refractivity contribution in [3.05, 3.63) is 10.9 Å². The van der Waals surface area contributed by atoms with Crippen LogP contribution in [0.15, 0.2) is 10.9 Å². The number of aromatic nitrogens is 4. The molecule has 3 heterocycles. The predicted octanol–water partition coefficient (Wildman–Crippen LogP) is 1.62. The second-order valence-electron chi connectivity index (χ2n) is 5.48. The van der Waals surface area contributed by atoms with Crippen LogP contribution in [0.1, 0.15) is 6.42 Å². The molecule has 7 nitrogen and oxygen atoms in total. The van der Waals surface area contributed by atoms with Crippen molar-refractivity contribution in [3.63, 3.8) is 0 Å². The first-order valence-electron chi connectivity index (χ1n) is 7.35. The summed E-state index contributed by atoms with van der Waals surface area (Å²) in [5.74, 6) is 1.47. The number of hydrogen-bond donors (Lipinski definition) is 0. The Labute approximate surface area is 137 Å². The molecule has 0 spiro atoms. The lowest BCUT2D eigenvalue weighted by Crippen LogP contribution is -2.23. The standard InChI is InChI=1S/C14H20BrN5O2/c1-19-13-11(12(15)18-19)14(17-9-16-13)20-4-3-10(7-20)8-22-6-5-21-2/h9-10H,3-8H2,1-2H3. The van der Waals surface area contributed by atoms with E-state index in [-0.39, 0.29) is 0 Å². The minimum atomic E-state index is 0.525. The van der Waals surface area contributed by atoms with Crippen LogP contribution in [0.4, 0.5) is 5.82 Å². The van der Waals surface area contributed by atoms with Crippen LogP contribution in [0.5, 0.6) is 0 Å². The molecule has 120 valence electrons. The number of aryl methyl sites for hydroxylation is 1. The smallest absolute Gasteiger partial charge is 0.164 e. The number of fused-ring (bicyclic) bond motifs is 1. The Hall–Kier alpha value is -1.25. The zero-order chi connectivity index (χ0) is 15.5. The molecule has 2 aromatic rings. The Bertz CT molecular complexity index is 647. The molecule has 22 heavy (non-hydrogen) atoms. The van der Waals surface area contributed by atoms with Crippen molar-refractivity contribution in [2.45, 2.75) is 6.42 Å². The average Bonchev–Trinajstić information content (AvgIpc) is 3.09. The van der Waals surface area contributed by atoms with Gasteiger partial charge in [-0.25, -0.2) is 14.6 Å². The average molecular weight is 370 g/mol. The van der Waals surface area contributed by atoms with E-state index in [0.717, 1.165) is 47.6 Å². The van der Waals surface area contributed by atoms with Crippen LogP contribution in [0, 0.1) is 5.92 Å². The first-order valence-corrected chi connectivity index (χ1v) is 8.15. The largest absolute Gasteiger partial charge is 0.382 e. The Morgan fingerprint density at radius 2 is 2.23 bits per heavy atom. The lowest BCUT2D eigenvalue weighted by Gasteiger charge is -2.18. The summed E-state index contributed by atoms with van der Waals surface area (Å²) in [6.07, 6.45) is 2.71. The van der Waals surface area contributed by atoms with Crippen LogP contribution in [0.25, 0.3) is 11.0 Å². The molecular weight excluding hydrogens is 350 g/mol. The van der Waals surface area contributed by atoms with Crippen LogP contribution in [-0.4, -0.2) is 59.8 Å². The topological polar surface area (TPSA) is 65.3 Å². The SMILES string of the molecule is COCCOCC1CCN(c2ncnc3c2c(Br)nn3C)C1. The summed E-state index contributed by atoms with van der Waals surface area (Å²) in [7, 11) is 3.58. The van der Waals surface area contributed by atoms with Gasteiger partial charge in [-0.05, 0) is 22.4 Å². The molecule has 0 aromatic carbocycles. The highest BCUT2D eigenvalue weighted by Gasteiger charge is 2.26. The van der Waals surface area contributed by atoms with Gasteiger partial charge in [-0.3, -0.25) is 0 Å². The zero-order valence-corrected chi connectivity index (χ0v) is 14.4. The fourth-order valence-corrected chi connectivity index (χ4v) is 3.41. The van der Waals surface area contributed by atoms with E-state index in [2.05, 4.69) is 35.9 Å². The van der Waals surface area contributed by atoms with E-state index < -0.39 is 0 Å². The fourth-order valence-electron chi connectivity index (χ4n) is 2.82. The number of halogens is 1. The first kappa shape index (κ1) is 15.6. The van der Waals surface area contributed by atoms with E-state index in [4.69, 9.17) is 9.47 Å². The van der Waals surface area contributed by atoms with Crippen LogP contribution in [0.2, 0.25) is 0 Å². The molecule has 2 aromatic heterocycles. The summed E-state index contributed by atoms with van der Waals surface area (Å²) in [5, 5.41) is 5.35. The summed E-state index contributed by atoms with van der Waals surface area (Å²) >= 11 is 3.51. The maximum absolute atomic E-state index is 5.65. The van der Waals surface area contributed by atoms with Crippen molar-refractivity contribution >= 4 is 32.8 Å². The maximum atomic E-state index is 5.65. The molecule has 8 heteroatoms. The number of nitrogens with zero attached hydrogens (tertiary/aromatic N) is 5. The summed E-state index contributed by atoms with van der Waals surface area (Å²) in [5.41, 5.74) is 0.844. The monoisotopic (exact) mass is 369 g/mol. The van der Waals surface area contributed by atoms with Gasteiger partial charge in [0.15, 0.2) is 5.65 Å². The van der Waals surface area contributed by atoms with Crippen molar-refractivity contribution < 1.29 is 9.47 Å². The van der Waals surface area contributed by atoms with Gasteiger partial charge >= 0.3 is 0 Å². The van der Waals surface area contributed by atoms with Gasteiger partial charge < -0.3 is 14.4 Å². The summed E-state index contributed by atoms with van der Waals surface area (Å²) in [6.45, 7) is 3.99. The van der Waals surface area contributed by atoms with Crippen molar-refractivity contribution in [1.82, 2.24) is 19.7 Å². The number of methoxy groups -OCH3 is 1. The zero-order valence-electron chi connectivity index (χ0n) is 12.8. The van der Waals surface area contributed by atoms with Crippen LogP contribution < -0.4 is 4.90 Å². The number of anilines is 1. The third-order valence-corrected chi connectivity index (χ3v) is 4.48. The lowest BCUT2D eigenvalue weighted by molar-refractivity contribution is 0.0549. The molecule has 1 aliphatic rings. The Kier molecular flexibility index (Phi) is 4.90. The van der Waals surface area contributed by atoms with Crippen molar-refractivity contribution in [2.24, 2.45) is 13.0 Å². The Morgan fingerprint density at radius 3 is 3.05 bits per heavy atom. The molecule has 1 aliphatic heterocycles. The highest BCUT2D eigenvalue weighted by atomic mass is 79.9. The van der Waals surface area contributed by atoms with Gasteiger partial charge in [0.2, 0.25) is 0 Å². The van der Waals surface area contributed by atoms with Crippen molar-refractivity contribution in [2.75, 3.05) is 44.9 Å². The normalized spacial score (nSPS) is 18.5. The highest BCUT2D eigenvalue weighted by Crippen LogP contribution is 2.32. The van der Waals surface area contributed by atoms with Gasteiger partial charge in [-0.15, -0.1) is 0 Å². The molecule has 3 rings (SSSR count). The quantitative estimate of drug-likeness (QED) is 0.720. The van der Waals surface area contributed by atoms with Crippen molar-refractivity contribution in [1.29, 1.82) is 0 Å².